The minimum Gasteiger partial charge on any atom is -0.352 e. The second kappa shape index (κ2) is 1.96. The van der Waals surface area contributed by atoms with Gasteiger partial charge in [0.15, 0.2) is 6.29 Å². The maximum Gasteiger partial charge on any atom is 0.160 e. The van der Waals surface area contributed by atoms with Crippen LogP contribution in [-0.2, 0) is 9.47 Å². The molecule has 2 rings (SSSR count). The summed E-state index contributed by atoms with van der Waals surface area (Å²) in [6, 6.07) is 0. The van der Waals surface area contributed by atoms with Gasteiger partial charge in [0.05, 0.1) is 15.9 Å². The third-order valence-corrected chi connectivity index (χ3v) is 1.83. The normalized spacial score (nSPS) is 67.4. The van der Waals surface area contributed by atoms with E-state index >= 15 is 0 Å². The van der Waals surface area contributed by atoms with E-state index in [1.54, 1.807) is 0 Å². The van der Waals surface area contributed by atoms with Gasteiger partial charge in [0.1, 0.15) is 0 Å². The van der Waals surface area contributed by atoms with Crippen LogP contribution < -0.4 is 0 Å². The second-order valence-electron chi connectivity index (χ2n) is 2.57. The lowest BCUT2D eigenvalue weighted by atomic mass is 9.96. The van der Waals surface area contributed by atoms with Crippen molar-refractivity contribution in [1.82, 2.24) is 0 Å². The summed E-state index contributed by atoms with van der Waals surface area (Å²) in [5.74, 6) is -0.472. The summed E-state index contributed by atoms with van der Waals surface area (Å²) in [5.41, 5.74) is 0. The molecule has 9 heavy (non-hydrogen) atoms. The zero-order valence-corrected chi connectivity index (χ0v) is 5.26. The van der Waals surface area contributed by atoms with Gasteiger partial charge in [-0.2, -0.15) is 0 Å². The number of rotatable bonds is 0. The van der Waals surface area contributed by atoms with Gasteiger partial charge in [0, 0.05) is 8.66 Å². The Morgan fingerprint density at radius 1 is 1.56 bits per heavy atom. The molecule has 0 N–H and O–H groups in total. The zero-order chi connectivity index (χ0) is 9.85. The van der Waals surface area contributed by atoms with E-state index in [0.29, 0.717) is 6.61 Å². The Morgan fingerprint density at radius 2 is 2.44 bits per heavy atom. The zero-order valence-electron chi connectivity index (χ0n) is 9.26. The minimum absolute atomic E-state index is 0.0116. The van der Waals surface area contributed by atoms with Gasteiger partial charge in [0.25, 0.3) is 0 Å². The van der Waals surface area contributed by atoms with Crippen molar-refractivity contribution in [1.29, 1.82) is 0 Å². The summed E-state index contributed by atoms with van der Waals surface area (Å²) in [4.78, 5) is 0. The van der Waals surface area contributed by atoms with Crippen LogP contribution in [0.2, 0.25) is 0 Å². The third kappa shape index (κ3) is 0.775. The quantitative estimate of drug-likeness (QED) is 0.490. The van der Waals surface area contributed by atoms with Crippen LogP contribution in [0.15, 0.2) is 0 Å². The molecule has 2 fully saturated rings. The summed E-state index contributed by atoms with van der Waals surface area (Å²) < 4.78 is 40.1. The monoisotopic (exact) mass is 132 g/mol. The molecule has 0 aliphatic carbocycles. The smallest absolute Gasteiger partial charge is 0.160 e. The minimum atomic E-state index is -2.23. The van der Waals surface area contributed by atoms with Crippen LogP contribution in [0, 0.1) is 11.8 Å². The van der Waals surface area contributed by atoms with Crippen LogP contribution in [0.25, 0.3) is 0 Å². The molecule has 3 atom stereocenters. The maximum absolute atomic E-state index is 7.63. The SMILES string of the molecule is [2H]C1([2H])O[C@@H]2OC[C@H](C)[C@@H]2C1([2H])[2H]. The van der Waals surface area contributed by atoms with Crippen molar-refractivity contribution >= 4 is 0 Å². The Labute approximate surface area is 60.8 Å². The standard InChI is InChI=1S/C7H12O2/c1-5-4-9-7-6(5)2-3-8-7/h5-7H,2-4H2,1H3/t5-,6-,7+/m0/s1/i2D2,3D2. The molecule has 52 valence electrons. The first-order chi connectivity index (χ1) is 5.86. The van der Waals surface area contributed by atoms with E-state index in [9.17, 15) is 0 Å². The average molecular weight is 132 g/mol. The van der Waals surface area contributed by atoms with Crippen molar-refractivity contribution < 1.29 is 15.0 Å². The third-order valence-electron chi connectivity index (χ3n) is 1.83. The van der Waals surface area contributed by atoms with E-state index in [2.05, 4.69) is 0 Å². The molecule has 0 spiro atoms. The van der Waals surface area contributed by atoms with E-state index in [1.807, 2.05) is 6.92 Å². The molecule has 0 bridgehead atoms. The molecule has 2 heterocycles. The Bertz CT molecular complexity index is 231. The van der Waals surface area contributed by atoms with Crippen LogP contribution in [0.3, 0.4) is 0 Å². The fourth-order valence-corrected chi connectivity index (χ4v) is 1.20. The molecule has 2 heteroatoms. The van der Waals surface area contributed by atoms with Gasteiger partial charge < -0.3 is 9.47 Å². The van der Waals surface area contributed by atoms with Gasteiger partial charge >= 0.3 is 0 Å². The average Bonchev–Trinajstić information content (AvgIpc) is 2.37. The molecule has 0 aromatic heterocycles. The van der Waals surface area contributed by atoms with Crippen molar-refractivity contribution in [2.75, 3.05) is 13.2 Å². The summed E-state index contributed by atoms with van der Waals surface area (Å²) in [7, 11) is 0. The van der Waals surface area contributed by atoms with Crippen molar-refractivity contribution in [2.24, 2.45) is 11.8 Å². The predicted molar refractivity (Wildman–Crippen MR) is 33.0 cm³/mol. The summed E-state index contributed by atoms with van der Waals surface area (Å²) >= 11 is 0. The largest absolute Gasteiger partial charge is 0.352 e. The van der Waals surface area contributed by atoms with Gasteiger partial charge in [-0.3, -0.25) is 0 Å². The number of hydrogen-bond donors (Lipinski definition) is 0. The van der Waals surface area contributed by atoms with Crippen LogP contribution in [0.1, 0.15) is 18.8 Å². The van der Waals surface area contributed by atoms with E-state index in [-0.39, 0.29) is 5.92 Å². The van der Waals surface area contributed by atoms with E-state index in [0.717, 1.165) is 0 Å². The van der Waals surface area contributed by atoms with Gasteiger partial charge in [-0.05, 0) is 12.3 Å². The van der Waals surface area contributed by atoms with Crippen LogP contribution >= 0.6 is 0 Å². The molecule has 0 unspecified atom stereocenters. The highest BCUT2D eigenvalue weighted by atomic mass is 16.7. The Balaban J connectivity index is 2.32. The van der Waals surface area contributed by atoms with Gasteiger partial charge in [-0.25, -0.2) is 0 Å². The molecule has 2 nitrogen and oxygen atoms in total. The molecule has 0 saturated carbocycles. The molecule has 0 amide bonds. The molecule has 0 radical (unpaired) electrons. The maximum atomic E-state index is 7.63. The lowest BCUT2D eigenvalue weighted by molar-refractivity contribution is -0.0905. The molecule has 2 saturated heterocycles. The summed E-state index contributed by atoms with van der Waals surface area (Å²) in [5, 5.41) is 0. The first kappa shape index (κ1) is 2.89. The number of hydrogen-bond acceptors (Lipinski definition) is 2. The fourth-order valence-electron chi connectivity index (χ4n) is 1.20. The first-order valence-electron chi connectivity index (χ1n) is 5.16. The van der Waals surface area contributed by atoms with Gasteiger partial charge in [0.2, 0.25) is 0 Å². The van der Waals surface area contributed by atoms with E-state index in [4.69, 9.17) is 15.0 Å². The highest BCUT2D eigenvalue weighted by molar-refractivity contribution is 4.79. The van der Waals surface area contributed by atoms with E-state index < -0.39 is 25.1 Å². The second-order valence-corrected chi connectivity index (χ2v) is 2.57. The van der Waals surface area contributed by atoms with Crippen LogP contribution in [0.4, 0.5) is 0 Å². The van der Waals surface area contributed by atoms with Crippen molar-refractivity contribution in [3.05, 3.63) is 0 Å². The van der Waals surface area contributed by atoms with Crippen LogP contribution in [-0.4, -0.2) is 19.5 Å². The highest BCUT2D eigenvalue weighted by Gasteiger charge is 2.38. The van der Waals surface area contributed by atoms with Crippen molar-refractivity contribution in [3.63, 3.8) is 0 Å². The summed E-state index contributed by atoms with van der Waals surface area (Å²) in [6.45, 7) is 0.0786. The Morgan fingerprint density at radius 3 is 3.22 bits per heavy atom. The topological polar surface area (TPSA) is 18.5 Å². The van der Waals surface area contributed by atoms with E-state index in [1.165, 1.54) is 0 Å². The molecule has 0 aromatic carbocycles. The van der Waals surface area contributed by atoms with Crippen molar-refractivity contribution in [2.45, 2.75) is 19.6 Å². The molecule has 2 aliphatic rings. The first-order valence-corrected chi connectivity index (χ1v) is 3.16. The molecule has 2 aliphatic heterocycles. The van der Waals surface area contributed by atoms with Crippen molar-refractivity contribution in [3.8, 4) is 0 Å². The number of ether oxygens (including phenoxy) is 2. The fraction of sp³-hybridized carbons (Fsp3) is 1.00. The van der Waals surface area contributed by atoms with Crippen LogP contribution in [0.5, 0.6) is 0 Å². The molecular weight excluding hydrogens is 116 g/mol. The molecular formula is C7H12O2. The highest BCUT2D eigenvalue weighted by Crippen LogP contribution is 2.34. The predicted octanol–water partition coefficient (Wildman–Crippen LogP) is 1.02. The van der Waals surface area contributed by atoms with Gasteiger partial charge in [-0.15, -0.1) is 0 Å². The Hall–Kier alpha value is -0.0800. The molecule has 0 aromatic rings. The summed E-state index contributed by atoms with van der Waals surface area (Å²) in [6.07, 6.45) is -2.66. The Kier molecular flexibility index (Phi) is 0.628. The lowest BCUT2D eigenvalue weighted by Crippen LogP contribution is -2.12. The number of fused-ring (bicyclic) bond motifs is 1. The van der Waals surface area contributed by atoms with Gasteiger partial charge in [-0.1, -0.05) is 6.92 Å². The lowest BCUT2D eigenvalue weighted by Gasteiger charge is -2.07.